The van der Waals surface area contributed by atoms with Crippen molar-refractivity contribution in [1.29, 1.82) is 0 Å². The number of carbonyl (C=O) groups is 1. The number of benzene rings is 1. The van der Waals surface area contributed by atoms with Gasteiger partial charge in [-0.3, -0.25) is 9.79 Å². The predicted octanol–water partition coefficient (Wildman–Crippen LogP) is 6.05. The SMILES string of the molecule is CCCCCCCCc1cc2c(s1)C(c1ccccc1Cl)=NCC(=O)N2CCN(C)C. The van der Waals surface area contributed by atoms with Crippen LogP contribution in [0.2, 0.25) is 5.02 Å². The number of thiophene rings is 1. The number of anilines is 1. The van der Waals surface area contributed by atoms with Gasteiger partial charge in [0.25, 0.3) is 0 Å². The molecule has 0 aliphatic carbocycles. The van der Waals surface area contributed by atoms with E-state index in [-0.39, 0.29) is 12.5 Å². The molecule has 1 aromatic carbocycles. The van der Waals surface area contributed by atoms with Crippen molar-refractivity contribution in [3.63, 3.8) is 0 Å². The highest BCUT2D eigenvalue weighted by Crippen LogP contribution is 2.36. The van der Waals surface area contributed by atoms with E-state index in [1.807, 2.05) is 43.3 Å². The number of fused-ring (bicyclic) bond motifs is 1. The largest absolute Gasteiger partial charge is 0.308 e. The van der Waals surface area contributed by atoms with Crippen molar-refractivity contribution in [2.75, 3.05) is 38.6 Å². The molecule has 2 aromatic rings. The van der Waals surface area contributed by atoms with E-state index in [2.05, 4.69) is 17.9 Å². The van der Waals surface area contributed by atoms with Gasteiger partial charge in [-0.2, -0.15) is 0 Å². The van der Waals surface area contributed by atoms with E-state index in [4.69, 9.17) is 16.6 Å². The summed E-state index contributed by atoms with van der Waals surface area (Å²) in [6.45, 7) is 3.88. The quantitative estimate of drug-likeness (QED) is 0.383. The Morgan fingerprint density at radius 2 is 1.87 bits per heavy atom. The Morgan fingerprint density at radius 1 is 1.13 bits per heavy atom. The zero-order chi connectivity index (χ0) is 22.2. The standard InChI is InChI=1S/C25H34ClN3OS/c1-4-5-6-7-8-9-12-19-17-22-25(31-19)24(20-13-10-11-14-21(20)26)27-18-23(30)29(22)16-15-28(2)3/h10-11,13-14,17H,4-9,12,15-16,18H2,1-3H3. The molecule has 0 N–H and O–H groups in total. The van der Waals surface area contributed by atoms with Crippen LogP contribution < -0.4 is 4.90 Å². The molecule has 168 valence electrons. The van der Waals surface area contributed by atoms with E-state index in [0.717, 1.165) is 34.8 Å². The van der Waals surface area contributed by atoms with Gasteiger partial charge < -0.3 is 9.80 Å². The summed E-state index contributed by atoms with van der Waals surface area (Å²) in [5.74, 6) is 0.0501. The summed E-state index contributed by atoms with van der Waals surface area (Å²) in [6, 6.07) is 10.0. The van der Waals surface area contributed by atoms with E-state index >= 15 is 0 Å². The second kappa shape index (κ2) is 11.8. The molecule has 0 fully saturated rings. The molecule has 3 rings (SSSR count). The van der Waals surface area contributed by atoms with Gasteiger partial charge in [0.15, 0.2) is 0 Å². The molecule has 1 aliphatic heterocycles. The molecule has 1 aliphatic rings. The highest BCUT2D eigenvalue weighted by Gasteiger charge is 2.28. The maximum Gasteiger partial charge on any atom is 0.248 e. The van der Waals surface area contributed by atoms with Gasteiger partial charge >= 0.3 is 0 Å². The Kier molecular flexibility index (Phi) is 9.12. The number of nitrogens with zero attached hydrogens (tertiary/aromatic N) is 3. The number of halogens is 1. The van der Waals surface area contributed by atoms with Crippen LogP contribution in [0.5, 0.6) is 0 Å². The molecule has 0 bridgehead atoms. The van der Waals surface area contributed by atoms with Crippen LogP contribution in [0.3, 0.4) is 0 Å². The van der Waals surface area contributed by atoms with Crippen LogP contribution in [0.4, 0.5) is 5.69 Å². The van der Waals surface area contributed by atoms with Gasteiger partial charge in [0.1, 0.15) is 6.54 Å². The summed E-state index contributed by atoms with van der Waals surface area (Å²) in [5, 5.41) is 0.673. The van der Waals surface area contributed by atoms with Crippen molar-refractivity contribution in [1.82, 2.24) is 4.90 Å². The molecule has 0 radical (unpaired) electrons. The summed E-state index contributed by atoms with van der Waals surface area (Å²) < 4.78 is 0. The molecule has 1 amide bonds. The smallest absolute Gasteiger partial charge is 0.248 e. The second-order valence-electron chi connectivity index (χ2n) is 8.44. The summed E-state index contributed by atoms with van der Waals surface area (Å²) in [5.41, 5.74) is 2.75. The van der Waals surface area contributed by atoms with Gasteiger partial charge in [0.2, 0.25) is 5.91 Å². The first-order chi connectivity index (χ1) is 15.0. The third-order valence-corrected chi connectivity index (χ3v) is 7.14. The monoisotopic (exact) mass is 459 g/mol. The Hall–Kier alpha value is -1.69. The zero-order valence-corrected chi connectivity index (χ0v) is 20.6. The second-order valence-corrected chi connectivity index (χ2v) is 9.98. The van der Waals surface area contributed by atoms with Crippen LogP contribution in [0.25, 0.3) is 0 Å². The summed E-state index contributed by atoms with van der Waals surface area (Å²) in [6.07, 6.45) is 8.73. The number of likely N-dealkylation sites (N-methyl/N-ethyl adjacent to an activating group) is 1. The van der Waals surface area contributed by atoms with E-state index in [1.54, 1.807) is 11.3 Å². The van der Waals surface area contributed by atoms with Crippen molar-refractivity contribution in [3.8, 4) is 0 Å². The van der Waals surface area contributed by atoms with Gasteiger partial charge in [-0.05, 0) is 39.1 Å². The third-order valence-electron chi connectivity index (χ3n) is 5.62. The van der Waals surface area contributed by atoms with Crippen molar-refractivity contribution < 1.29 is 4.79 Å². The molecule has 2 heterocycles. The fourth-order valence-corrected chi connectivity index (χ4v) is 5.30. The lowest BCUT2D eigenvalue weighted by atomic mass is 10.1. The van der Waals surface area contributed by atoms with Crippen LogP contribution >= 0.6 is 22.9 Å². The third kappa shape index (κ3) is 6.41. The number of aliphatic imine (C=N–C) groups is 1. The minimum absolute atomic E-state index is 0.0501. The molecule has 0 atom stereocenters. The molecule has 31 heavy (non-hydrogen) atoms. The number of aryl methyl sites for hydroxylation is 1. The summed E-state index contributed by atoms with van der Waals surface area (Å²) >= 11 is 8.29. The van der Waals surface area contributed by atoms with E-state index in [9.17, 15) is 4.79 Å². The fourth-order valence-electron chi connectivity index (χ4n) is 3.85. The van der Waals surface area contributed by atoms with Gasteiger partial charge in [-0.25, -0.2) is 0 Å². The Bertz CT molecular complexity index is 906. The first-order valence-electron chi connectivity index (χ1n) is 11.4. The lowest BCUT2D eigenvalue weighted by Crippen LogP contribution is -2.37. The van der Waals surface area contributed by atoms with E-state index in [0.29, 0.717) is 11.6 Å². The van der Waals surface area contributed by atoms with Gasteiger partial charge in [0.05, 0.1) is 16.3 Å². The zero-order valence-electron chi connectivity index (χ0n) is 19.0. The number of unbranched alkanes of at least 4 members (excludes halogenated alkanes) is 5. The first kappa shape index (κ1) is 24.0. The lowest BCUT2D eigenvalue weighted by molar-refractivity contribution is -0.117. The normalized spacial score (nSPS) is 14.0. The van der Waals surface area contributed by atoms with Crippen molar-refractivity contribution in [2.45, 2.75) is 51.9 Å². The maximum atomic E-state index is 13.0. The minimum Gasteiger partial charge on any atom is -0.308 e. The Balaban J connectivity index is 1.88. The van der Waals surface area contributed by atoms with Crippen molar-refractivity contribution in [2.24, 2.45) is 4.99 Å². The summed E-state index contributed by atoms with van der Waals surface area (Å²) in [7, 11) is 4.07. The maximum absolute atomic E-state index is 13.0. The number of hydrogen-bond acceptors (Lipinski definition) is 4. The highest BCUT2D eigenvalue weighted by molar-refractivity contribution is 7.15. The molecule has 0 spiro atoms. The van der Waals surface area contributed by atoms with Gasteiger partial charge in [-0.15, -0.1) is 11.3 Å². The van der Waals surface area contributed by atoms with Crippen LogP contribution in [0, 0.1) is 0 Å². The Labute approximate surface area is 195 Å². The molecule has 4 nitrogen and oxygen atoms in total. The molecule has 0 saturated carbocycles. The van der Waals surface area contributed by atoms with Crippen molar-refractivity contribution in [3.05, 3.63) is 50.7 Å². The number of rotatable bonds is 11. The van der Waals surface area contributed by atoms with Crippen LogP contribution in [-0.2, 0) is 11.2 Å². The highest BCUT2D eigenvalue weighted by atomic mass is 35.5. The van der Waals surface area contributed by atoms with E-state index in [1.165, 1.54) is 43.4 Å². The summed E-state index contributed by atoms with van der Waals surface area (Å²) in [4.78, 5) is 24.1. The molecule has 0 unspecified atom stereocenters. The fraction of sp³-hybridized carbons (Fsp3) is 0.520. The Morgan fingerprint density at radius 3 is 2.61 bits per heavy atom. The van der Waals surface area contributed by atoms with Crippen LogP contribution in [0.1, 0.15) is 60.8 Å². The number of hydrogen-bond donors (Lipinski definition) is 0. The molecule has 0 saturated heterocycles. The van der Waals surface area contributed by atoms with Gasteiger partial charge in [0, 0.05) is 28.6 Å². The first-order valence-corrected chi connectivity index (χ1v) is 12.6. The average molecular weight is 460 g/mol. The number of amides is 1. The van der Waals surface area contributed by atoms with Crippen molar-refractivity contribution >= 4 is 40.2 Å². The minimum atomic E-state index is 0.0501. The van der Waals surface area contributed by atoms with Crippen LogP contribution in [-0.4, -0.2) is 50.2 Å². The predicted molar refractivity (Wildman–Crippen MR) is 134 cm³/mol. The van der Waals surface area contributed by atoms with E-state index < -0.39 is 0 Å². The average Bonchev–Trinajstić information content (AvgIpc) is 3.10. The van der Waals surface area contributed by atoms with Crippen LogP contribution in [0.15, 0.2) is 35.3 Å². The molecular formula is C25H34ClN3OS. The molecular weight excluding hydrogens is 426 g/mol. The molecule has 6 heteroatoms. The molecule has 1 aromatic heterocycles. The van der Waals surface area contributed by atoms with Gasteiger partial charge in [-0.1, -0.05) is 68.8 Å². The topological polar surface area (TPSA) is 35.9 Å². The number of carbonyl (C=O) groups excluding carboxylic acids is 1. The lowest BCUT2D eigenvalue weighted by Gasteiger charge is -2.22.